The van der Waals surface area contributed by atoms with Gasteiger partial charge in [0.25, 0.3) is 5.91 Å². The predicted molar refractivity (Wildman–Crippen MR) is 103 cm³/mol. The highest BCUT2D eigenvalue weighted by Crippen LogP contribution is 2.41. The van der Waals surface area contributed by atoms with E-state index in [4.69, 9.17) is 11.6 Å². The summed E-state index contributed by atoms with van der Waals surface area (Å²) >= 11 is 7.35. The lowest BCUT2D eigenvalue weighted by Gasteiger charge is -2.22. The molecule has 1 spiro atoms. The number of urea groups is 1. The Bertz CT molecular complexity index is 928. The lowest BCUT2D eigenvalue weighted by atomic mass is 9.92. The normalized spacial score (nSPS) is 20.9. The van der Waals surface area contributed by atoms with Crippen LogP contribution in [-0.4, -0.2) is 35.8 Å². The Kier molecular flexibility index (Phi) is 4.65. The number of nitrogens with zero attached hydrogens (tertiary/aromatic N) is 1. The second-order valence-corrected chi connectivity index (χ2v) is 8.49. The van der Waals surface area contributed by atoms with Crippen LogP contribution in [-0.2, 0) is 28.0 Å². The lowest BCUT2D eigenvalue weighted by Crippen LogP contribution is -2.44. The molecule has 4 rings (SSSR count). The maximum atomic E-state index is 13.0. The first-order valence-corrected chi connectivity index (χ1v) is 9.92. The fraction of sp³-hybridized carbons (Fsp3) is 0.316. The van der Waals surface area contributed by atoms with Gasteiger partial charge in [-0.1, -0.05) is 35.9 Å². The number of rotatable bonds is 5. The van der Waals surface area contributed by atoms with E-state index in [1.807, 2.05) is 36.4 Å². The van der Waals surface area contributed by atoms with Gasteiger partial charge in [-0.3, -0.25) is 14.5 Å². The molecule has 8 heteroatoms. The Balaban J connectivity index is 1.39. The summed E-state index contributed by atoms with van der Waals surface area (Å²) < 4.78 is 0.706. The summed E-state index contributed by atoms with van der Waals surface area (Å²) in [4.78, 5) is 39.7. The van der Waals surface area contributed by atoms with Gasteiger partial charge in [-0.15, -0.1) is 11.3 Å². The van der Waals surface area contributed by atoms with E-state index in [1.165, 1.54) is 11.3 Å². The van der Waals surface area contributed by atoms with Crippen molar-refractivity contribution in [2.24, 2.45) is 0 Å². The maximum Gasteiger partial charge on any atom is 0.325 e. The van der Waals surface area contributed by atoms with E-state index >= 15 is 0 Å². The Hall–Kier alpha value is -2.38. The molecule has 6 nitrogen and oxygen atoms in total. The monoisotopic (exact) mass is 403 g/mol. The van der Waals surface area contributed by atoms with Crippen LogP contribution in [0.25, 0.3) is 0 Å². The molecular formula is C19H18ClN3O3S. The van der Waals surface area contributed by atoms with Gasteiger partial charge in [-0.25, -0.2) is 4.79 Å². The van der Waals surface area contributed by atoms with E-state index in [0.29, 0.717) is 23.7 Å². The minimum absolute atomic E-state index is 0.278. The zero-order chi connectivity index (χ0) is 19.0. The Morgan fingerprint density at radius 2 is 2.07 bits per heavy atom. The van der Waals surface area contributed by atoms with Crippen LogP contribution in [0.1, 0.15) is 22.4 Å². The molecule has 0 saturated carbocycles. The van der Waals surface area contributed by atoms with Crippen LogP contribution in [0.2, 0.25) is 4.34 Å². The summed E-state index contributed by atoms with van der Waals surface area (Å²) in [5, 5.41) is 5.58. The van der Waals surface area contributed by atoms with Crippen molar-refractivity contribution < 1.29 is 14.4 Å². The third-order valence-corrected chi connectivity index (χ3v) is 6.34. The first-order valence-electron chi connectivity index (χ1n) is 8.73. The van der Waals surface area contributed by atoms with Crippen molar-refractivity contribution in [2.75, 3.05) is 13.1 Å². The number of aryl methyl sites for hydroxylation is 1. The van der Waals surface area contributed by atoms with Gasteiger partial charge >= 0.3 is 6.03 Å². The SMILES string of the molecule is O=C(CN1C(=O)NC2(CCc3ccccc32)C1=O)NCCc1ccc(Cl)s1. The molecule has 1 aromatic heterocycles. The minimum Gasteiger partial charge on any atom is -0.354 e. The Morgan fingerprint density at radius 1 is 1.26 bits per heavy atom. The van der Waals surface area contributed by atoms with E-state index in [2.05, 4.69) is 10.6 Å². The molecule has 1 aliphatic heterocycles. The number of carbonyl (C=O) groups is 3. The molecule has 1 unspecified atom stereocenters. The number of nitrogens with one attached hydrogen (secondary N) is 2. The molecule has 1 aromatic carbocycles. The standard InChI is InChI=1S/C19H18ClN3O3S/c20-15-6-5-13(27-15)8-10-21-16(24)11-23-17(25)19(22-18(23)26)9-7-12-3-1-2-4-14(12)19/h1-6H,7-11H2,(H,21,24)(H,22,26). The van der Waals surface area contributed by atoms with Crippen molar-refractivity contribution >= 4 is 40.8 Å². The summed E-state index contributed by atoms with van der Waals surface area (Å²) in [5.74, 6) is -0.706. The van der Waals surface area contributed by atoms with Gasteiger partial charge in [-0.05, 0) is 42.5 Å². The highest BCUT2D eigenvalue weighted by Gasteiger charge is 2.55. The fourth-order valence-corrected chi connectivity index (χ4v) is 4.83. The number of hydrogen-bond acceptors (Lipinski definition) is 4. The highest BCUT2D eigenvalue weighted by molar-refractivity contribution is 7.16. The van der Waals surface area contributed by atoms with Gasteiger partial charge in [0, 0.05) is 11.4 Å². The zero-order valence-corrected chi connectivity index (χ0v) is 16.0. The van der Waals surface area contributed by atoms with E-state index < -0.39 is 11.6 Å². The highest BCUT2D eigenvalue weighted by atomic mass is 35.5. The summed E-state index contributed by atoms with van der Waals surface area (Å²) in [6.45, 7) is 0.146. The van der Waals surface area contributed by atoms with Gasteiger partial charge in [0.2, 0.25) is 5.91 Å². The van der Waals surface area contributed by atoms with Crippen LogP contribution >= 0.6 is 22.9 Å². The fourth-order valence-electron chi connectivity index (χ4n) is 3.74. The largest absolute Gasteiger partial charge is 0.354 e. The summed E-state index contributed by atoms with van der Waals surface area (Å²) in [6, 6.07) is 10.8. The molecule has 0 radical (unpaired) electrons. The molecule has 2 N–H and O–H groups in total. The van der Waals surface area contributed by atoms with Crippen LogP contribution in [0.4, 0.5) is 4.79 Å². The molecule has 0 bridgehead atoms. The lowest BCUT2D eigenvalue weighted by molar-refractivity contribution is -0.135. The van der Waals surface area contributed by atoms with Gasteiger partial charge in [0.15, 0.2) is 0 Å². The molecule has 140 valence electrons. The average Bonchev–Trinajstić information content (AvgIpc) is 3.29. The zero-order valence-electron chi connectivity index (χ0n) is 14.5. The molecule has 2 heterocycles. The number of benzene rings is 1. The van der Waals surface area contributed by atoms with Crippen molar-refractivity contribution in [3.63, 3.8) is 0 Å². The van der Waals surface area contributed by atoms with Crippen molar-refractivity contribution in [3.8, 4) is 0 Å². The topological polar surface area (TPSA) is 78.5 Å². The second kappa shape index (κ2) is 6.98. The molecule has 1 fully saturated rings. The number of carbonyl (C=O) groups excluding carboxylic acids is 3. The molecule has 2 aromatic rings. The third kappa shape index (κ3) is 3.21. The predicted octanol–water partition coefficient (Wildman–Crippen LogP) is 2.45. The summed E-state index contributed by atoms with van der Waals surface area (Å²) in [7, 11) is 0. The quantitative estimate of drug-likeness (QED) is 0.753. The Morgan fingerprint density at radius 3 is 2.85 bits per heavy atom. The number of hydrogen-bond donors (Lipinski definition) is 2. The summed E-state index contributed by atoms with van der Waals surface area (Å²) in [5.41, 5.74) is 0.870. The second-order valence-electron chi connectivity index (χ2n) is 6.69. The molecule has 1 atom stereocenters. The summed E-state index contributed by atoms with van der Waals surface area (Å²) in [6.07, 6.45) is 1.90. The van der Waals surface area contributed by atoms with Crippen LogP contribution in [0.5, 0.6) is 0 Å². The molecule has 4 amide bonds. The number of amides is 4. The first-order chi connectivity index (χ1) is 13.0. The first kappa shape index (κ1) is 18.0. The van der Waals surface area contributed by atoms with E-state index in [1.54, 1.807) is 0 Å². The van der Waals surface area contributed by atoms with Crippen LogP contribution in [0.3, 0.4) is 0 Å². The van der Waals surface area contributed by atoms with Crippen molar-refractivity contribution in [1.29, 1.82) is 0 Å². The third-order valence-electron chi connectivity index (χ3n) is 5.05. The van der Waals surface area contributed by atoms with Crippen LogP contribution < -0.4 is 10.6 Å². The average molecular weight is 404 g/mol. The maximum absolute atomic E-state index is 13.0. The minimum atomic E-state index is -1.03. The molecule has 27 heavy (non-hydrogen) atoms. The number of thiophene rings is 1. The number of fused-ring (bicyclic) bond motifs is 2. The van der Waals surface area contributed by atoms with E-state index in [9.17, 15) is 14.4 Å². The number of imide groups is 1. The molecule has 1 aliphatic carbocycles. The van der Waals surface area contributed by atoms with E-state index in [-0.39, 0.29) is 18.4 Å². The van der Waals surface area contributed by atoms with E-state index in [0.717, 1.165) is 27.3 Å². The van der Waals surface area contributed by atoms with Gasteiger partial charge in [0.1, 0.15) is 12.1 Å². The molecule has 2 aliphatic rings. The van der Waals surface area contributed by atoms with Crippen molar-refractivity contribution in [1.82, 2.24) is 15.5 Å². The van der Waals surface area contributed by atoms with Gasteiger partial charge in [0.05, 0.1) is 4.34 Å². The Labute approximate surface area is 165 Å². The van der Waals surface area contributed by atoms with Crippen molar-refractivity contribution in [3.05, 3.63) is 56.7 Å². The van der Waals surface area contributed by atoms with Crippen LogP contribution in [0.15, 0.2) is 36.4 Å². The molecule has 1 saturated heterocycles. The van der Waals surface area contributed by atoms with Gasteiger partial charge < -0.3 is 10.6 Å². The van der Waals surface area contributed by atoms with Gasteiger partial charge in [-0.2, -0.15) is 0 Å². The van der Waals surface area contributed by atoms with Crippen molar-refractivity contribution in [2.45, 2.75) is 24.8 Å². The van der Waals surface area contributed by atoms with Crippen LogP contribution in [0, 0.1) is 0 Å². The number of halogens is 1. The smallest absolute Gasteiger partial charge is 0.325 e. The molecular weight excluding hydrogens is 386 g/mol.